The zero-order chi connectivity index (χ0) is 15.4. The first-order valence-corrected chi connectivity index (χ1v) is 8.92. The van der Waals surface area contributed by atoms with Gasteiger partial charge in [-0.05, 0) is 34.7 Å². The van der Waals surface area contributed by atoms with Gasteiger partial charge < -0.3 is 10.1 Å². The van der Waals surface area contributed by atoms with E-state index in [-0.39, 0.29) is 5.91 Å². The fourth-order valence-electron chi connectivity index (χ4n) is 2.51. The first-order valence-electron chi connectivity index (χ1n) is 7.31. The van der Waals surface area contributed by atoms with Crippen LogP contribution in [0.2, 0.25) is 0 Å². The van der Waals surface area contributed by atoms with E-state index in [1.165, 1.54) is 11.3 Å². The average molecular weight is 381 g/mol. The number of carbonyl (C=O) groups is 1. The van der Waals surface area contributed by atoms with Crippen molar-refractivity contribution < 1.29 is 9.53 Å². The molecule has 1 aromatic heterocycles. The molecule has 0 bridgehead atoms. The maximum Gasteiger partial charge on any atom is 0.263 e. The Bertz CT molecular complexity index is 639. The topological polar surface area (TPSA) is 51.2 Å². The lowest BCUT2D eigenvalue weighted by molar-refractivity contribution is 0.0643. The number of benzene rings is 1. The van der Waals surface area contributed by atoms with Crippen molar-refractivity contribution in [2.45, 2.75) is 12.8 Å². The van der Waals surface area contributed by atoms with Gasteiger partial charge in [0.25, 0.3) is 5.91 Å². The van der Waals surface area contributed by atoms with Crippen molar-refractivity contribution in [1.29, 1.82) is 0 Å². The van der Waals surface area contributed by atoms with Gasteiger partial charge in [-0.25, -0.2) is 4.98 Å². The van der Waals surface area contributed by atoms with Gasteiger partial charge in [0, 0.05) is 25.3 Å². The molecule has 3 rings (SSSR count). The van der Waals surface area contributed by atoms with Crippen LogP contribution in [0.4, 0.5) is 0 Å². The van der Waals surface area contributed by atoms with Crippen molar-refractivity contribution in [3.8, 4) is 11.3 Å². The second-order valence-electron chi connectivity index (χ2n) is 5.28. The lowest BCUT2D eigenvalue weighted by Gasteiger charge is -2.22. The van der Waals surface area contributed by atoms with E-state index in [2.05, 4.69) is 26.2 Å². The minimum atomic E-state index is -0.0476. The Morgan fingerprint density at radius 1 is 1.32 bits per heavy atom. The average Bonchev–Trinajstić information content (AvgIpc) is 2.96. The van der Waals surface area contributed by atoms with Crippen molar-refractivity contribution in [3.05, 3.63) is 39.1 Å². The summed E-state index contributed by atoms with van der Waals surface area (Å²) in [4.78, 5) is 17.6. The number of hydrogen-bond acceptors (Lipinski definition) is 4. The normalized spacial score (nSPS) is 15.7. The van der Waals surface area contributed by atoms with E-state index in [9.17, 15) is 4.79 Å². The van der Waals surface area contributed by atoms with E-state index in [1.54, 1.807) is 0 Å². The van der Waals surface area contributed by atoms with Gasteiger partial charge in [0.1, 0.15) is 4.88 Å². The standard InChI is InChI=1S/C16H17BrN2O2S/c17-16-19-13(12-4-2-1-3-5-12)14(22-16)15(20)18-10-11-6-8-21-9-7-11/h1-5,11H,6-10H2,(H,18,20). The molecule has 0 radical (unpaired) electrons. The molecular weight excluding hydrogens is 364 g/mol. The Hall–Kier alpha value is -1.24. The molecular formula is C16H17BrN2O2S. The van der Waals surface area contributed by atoms with E-state index in [0.29, 0.717) is 17.3 Å². The molecule has 6 heteroatoms. The summed E-state index contributed by atoms with van der Waals surface area (Å²) < 4.78 is 6.07. The van der Waals surface area contributed by atoms with Crippen molar-refractivity contribution in [2.24, 2.45) is 5.92 Å². The number of halogens is 1. The van der Waals surface area contributed by atoms with Gasteiger partial charge in [0.15, 0.2) is 3.92 Å². The molecule has 0 aliphatic carbocycles. The van der Waals surface area contributed by atoms with Gasteiger partial charge in [-0.15, -0.1) is 11.3 Å². The third-order valence-corrected chi connectivity index (χ3v) is 5.25. The third-order valence-electron chi connectivity index (χ3n) is 3.75. The molecule has 2 aromatic rings. The molecule has 1 aromatic carbocycles. The first-order chi connectivity index (χ1) is 10.7. The minimum absolute atomic E-state index is 0.0476. The van der Waals surface area contributed by atoms with Crippen LogP contribution in [-0.2, 0) is 4.74 Å². The molecule has 116 valence electrons. The predicted octanol–water partition coefficient (Wildman–Crippen LogP) is 3.73. The van der Waals surface area contributed by atoms with Crippen molar-refractivity contribution in [1.82, 2.24) is 10.3 Å². The van der Waals surface area contributed by atoms with E-state index >= 15 is 0 Å². The molecule has 2 heterocycles. The van der Waals surface area contributed by atoms with Gasteiger partial charge >= 0.3 is 0 Å². The first kappa shape index (κ1) is 15.6. The van der Waals surface area contributed by atoms with Gasteiger partial charge in [-0.2, -0.15) is 0 Å². The zero-order valence-corrected chi connectivity index (χ0v) is 14.5. The summed E-state index contributed by atoms with van der Waals surface area (Å²) in [5.41, 5.74) is 1.70. The lowest BCUT2D eigenvalue weighted by atomic mass is 10.0. The molecule has 1 aliphatic rings. The molecule has 4 nitrogen and oxygen atoms in total. The monoisotopic (exact) mass is 380 g/mol. The number of nitrogens with zero attached hydrogens (tertiary/aromatic N) is 1. The molecule has 1 amide bonds. The minimum Gasteiger partial charge on any atom is -0.381 e. The fraction of sp³-hybridized carbons (Fsp3) is 0.375. The number of hydrogen-bond donors (Lipinski definition) is 1. The van der Waals surface area contributed by atoms with E-state index in [0.717, 1.165) is 41.2 Å². The highest BCUT2D eigenvalue weighted by Gasteiger charge is 2.20. The second kappa shape index (κ2) is 7.35. The number of thiazole rings is 1. The molecule has 1 fully saturated rings. The highest BCUT2D eigenvalue weighted by molar-refractivity contribution is 9.11. The van der Waals surface area contributed by atoms with E-state index in [1.807, 2.05) is 30.3 Å². The maximum absolute atomic E-state index is 12.5. The van der Waals surface area contributed by atoms with Gasteiger partial charge in [-0.3, -0.25) is 4.79 Å². The van der Waals surface area contributed by atoms with Crippen LogP contribution < -0.4 is 5.32 Å². The highest BCUT2D eigenvalue weighted by atomic mass is 79.9. The summed E-state index contributed by atoms with van der Waals surface area (Å²) in [6, 6.07) is 9.79. The highest BCUT2D eigenvalue weighted by Crippen LogP contribution is 2.31. The summed E-state index contributed by atoms with van der Waals surface area (Å²) in [6.45, 7) is 2.29. The fourth-order valence-corrected chi connectivity index (χ4v) is 3.90. The number of nitrogens with one attached hydrogen (secondary N) is 1. The second-order valence-corrected chi connectivity index (χ2v) is 7.55. The summed E-state index contributed by atoms with van der Waals surface area (Å²) in [6.07, 6.45) is 2.02. The SMILES string of the molecule is O=C(NCC1CCOCC1)c1sc(Br)nc1-c1ccccc1. The summed E-state index contributed by atoms with van der Waals surface area (Å²) in [5, 5.41) is 3.05. The molecule has 1 aliphatic heterocycles. The predicted molar refractivity (Wildman–Crippen MR) is 91.1 cm³/mol. The lowest BCUT2D eigenvalue weighted by Crippen LogP contribution is -2.32. The van der Waals surface area contributed by atoms with E-state index in [4.69, 9.17) is 4.74 Å². The van der Waals surface area contributed by atoms with Gasteiger partial charge in [0.05, 0.1) is 5.69 Å². The van der Waals surface area contributed by atoms with Gasteiger partial charge in [-0.1, -0.05) is 30.3 Å². The maximum atomic E-state index is 12.5. The summed E-state index contributed by atoms with van der Waals surface area (Å²) in [7, 11) is 0. The van der Waals surface area contributed by atoms with Crippen molar-refractivity contribution >= 4 is 33.2 Å². The third kappa shape index (κ3) is 3.74. The molecule has 0 saturated carbocycles. The zero-order valence-electron chi connectivity index (χ0n) is 12.0. The van der Waals surface area contributed by atoms with Gasteiger partial charge in [0.2, 0.25) is 0 Å². The quantitative estimate of drug-likeness (QED) is 0.878. The van der Waals surface area contributed by atoms with Crippen LogP contribution in [0.1, 0.15) is 22.5 Å². The molecule has 1 N–H and O–H groups in total. The number of aromatic nitrogens is 1. The number of rotatable bonds is 4. The Morgan fingerprint density at radius 3 is 2.77 bits per heavy atom. The molecule has 22 heavy (non-hydrogen) atoms. The van der Waals surface area contributed by atoms with Crippen LogP contribution in [0.5, 0.6) is 0 Å². The Kier molecular flexibility index (Phi) is 5.23. The van der Waals surface area contributed by atoms with Crippen LogP contribution in [-0.4, -0.2) is 30.6 Å². The Balaban J connectivity index is 1.72. The molecule has 0 atom stereocenters. The van der Waals surface area contributed by atoms with Crippen LogP contribution >= 0.6 is 27.3 Å². The van der Waals surface area contributed by atoms with Crippen LogP contribution in [0.3, 0.4) is 0 Å². The molecule has 0 spiro atoms. The molecule has 1 saturated heterocycles. The summed E-state index contributed by atoms with van der Waals surface area (Å²) >= 11 is 4.76. The number of ether oxygens (including phenoxy) is 1. The largest absolute Gasteiger partial charge is 0.381 e. The molecule has 0 unspecified atom stereocenters. The Morgan fingerprint density at radius 2 is 2.05 bits per heavy atom. The van der Waals surface area contributed by atoms with Crippen molar-refractivity contribution in [2.75, 3.05) is 19.8 Å². The Labute approximate surface area is 142 Å². The van der Waals surface area contributed by atoms with E-state index < -0.39 is 0 Å². The van der Waals surface area contributed by atoms with Crippen LogP contribution in [0.15, 0.2) is 34.2 Å². The number of amides is 1. The smallest absolute Gasteiger partial charge is 0.263 e. The van der Waals surface area contributed by atoms with Crippen LogP contribution in [0, 0.1) is 5.92 Å². The van der Waals surface area contributed by atoms with Crippen LogP contribution in [0.25, 0.3) is 11.3 Å². The number of carbonyl (C=O) groups excluding carboxylic acids is 1. The summed E-state index contributed by atoms with van der Waals surface area (Å²) in [5.74, 6) is 0.461. The van der Waals surface area contributed by atoms with Crippen molar-refractivity contribution in [3.63, 3.8) is 0 Å².